The summed E-state index contributed by atoms with van der Waals surface area (Å²) in [5, 5.41) is 0. The molecule has 4 aliphatic rings. The zero-order valence-corrected chi connectivity index (χ0v) is 22.9. The van der Waals surface area contributed by atoms with Crippen LogP contribution in [0.1, 0.15) is 136 Å². The molecule has 4 rings (SSSR count). The number of halogens is 3. The predicted molar refractivity (Wildman–Crippen MR) is 142 cm³/mol. The van der Waals surface area contributed by atoms with Crippen molar-refractivity contribution in [2.24, 2.45) is 47.3 Å². The van der Waals surface area contributed by atoms with Crippen molar-refractivity contribution in [1.82, 2.24) is 0 Å². The number of rotatable bonds is 9. The van der Waals surface area contributed by atoms with Crippen LogP contribution < -0.4 is 0 Å². The fraction of sp³-hybridized carbons (Fsp3) is 1.00. The predicted octanol–water partition coefficient (Wildman–Crippen LogP) is 10.4. The minimum atomic E-state index is -1.23. The van der Waals surface area contributed by atoms with Gasteiger partial charge in [0.2, 0.25) is 0 Å². The highest BCUT2D eigenvalue weighted by atomic mass is 19.2. The Bertz CT molecular complexity index is 592. The van der Waals surface area contributed by atoms with E-state index in [4.69, 9.17) is 0 Å². The summed E-state index contributed by atoms with van der Waals surface area (Å²) in [5.41, 5.74) is 0. The molecule has 0 aliphatic heterocycles. The van der Waals surface area contributed by atoms with Gasteiger partial charge in [0.1, 0.15) is 18.5 Å². The number of unbranched alkanes of at least 4 members (excludes halogenated alkanes) is 1. The van der Waals surface area contributed by atoms with Crippen LogP contribution in [-0.2, 0) is 0 Å². The van der Waals surface area contributed by atoms with Gasteiger partial charge < -0.3 is 0 Å². The van der Waals surface area contributed by atoms with Gasteiger partial charge in [-0.1, -0.05) is 71.6 Å². The van der Waals surface area contributed by atoms with Gasteiger partial charge in [-0.05, 0) is 112 Å². The van der Waals surface area contributed by atoms with Crippen molar-refractivity contribution < 1.29 is 13.2 Å². The van der Waals surface area contributed by atoms with Gasteiger partial charge in [-0.15, -0.1) is 0 Å². The summed E-state index contributed by atoms with van der Waals surface area (Å²) in [6, 6.07) is 0. The summed E-state index contributed by atoms with van der Waals surface area (Å²) in [7, 11) is 0. The summed E-state index contributed by atoms with van der Waals surface area (Å²) in [4.78, 5) is 0. The van der Waals surface area contributed by atoms with Crippen LogP contribution >= 0.6 is 0 Å². The van der Waals surface area contributed by atoms with Crippen molar-refractivity contribution >= 4 is 0 Å². The van der Waals surface area contributed by atoms with E-state index < -0.39 is 18.5 Å². The molecule has 6 unspecified atom stereocenters. The molecule has 0 nitrogen and oxygen atoms in total. The molecule has 35 heavy (non-hydrogen) atoms. The van der Waals surface area contributed by atoms with Crippen molar-refractivity contribution in [2.75, 3.05) is 0 Å². The monoisotopic (exact) mass is 496 g/mol. The van der Waals surface area contributed by atoms with E-state index in [1.807, 2.05) is 0 Å². The van der Waals surface area contributed by atoms with Gasteiger partial charge in [0.05, 0.1) is 0 Å². The van der Waals surface area contributed by atoms with Gasteiger partial charge in [0, 0.05) is 0 Å². The van der Waals surface area contributed by atoms with Gasteiger partial charge in [0.25, 0.3) is 0 Å². The van der Waals surface area contributed by atoms with Crippen LogP contribution in [0.4, 0.5) is 13.2 Å². The molecule has 4 aliphatic carbocycles. The first kappa shape index (κ1) is 27.8. The van der Waals surface area contributed by atoms with Crippen molar-refractivity contribution in [3.63, 3.8) is 0 Å². The lowest BCUT2D eigenvalue weighted by Gasteiger charge is -2.44. The minimum Gasteiger partial charge on any atom is -0.247 e. The van der Waals surface area contributed by atoms with Gasteiger partial charge in [0.15, 0.2) is 0 Å². The van der Waals surface area contributed by atoms with Gasteiger partial charge in [-0.25, -0.2) is 13.2 Å². The van der Waals surface area contributed by atoms with E-state index in [1.54, 1.807) is 0 Å². The molecule has 3 heteroatoms. The highest BCUT2D eigenvalue weighted by Crippen LogP contribution is 2.49. The molecular formula is C32H55F3. The Balaban J connectivity index is 1.16. The zero-order valence-electron chi connectivity index (χ0n) is 22.9. The Labute approximate surface area is 215 Å². The van der Waals surface area contributed by atoms with E-state index in [0.29, 0.717) is 23.7 Å². The molecule has 0 N–H and O–H groups in total. The van der Waals surface area contributed by atoms with Crippen LogP contribution in [0.2, 0.25) is 0 Å². The first-order chi connectivity index (χ1) is 17.0. The molecule has 0 aromatic heterocycles. The average molecular weight is 497 g/mol. The smallest absolute Gasteiger partial charge is 0.134 e. The third-order valence-electron chi connectivity index (χ3n) is 11.5. The lowest BCUT2D eigenvalue weighted by molar-refractivity contribution is -0.0371. The van der Waals surface area contributed by atoms with Crippen LogP contribution in [0.25, 0.3) is 0 Å². The fourth-order valence-electron chi connectivity index (χ4n) is 8.88. The van der Waals surface area contributed by atoms with Gasteiger partial charge in [-0.2, -0.15) is 0 Å². The molecule has 0 saturated heterocycles. The fourth-order valence-corrected chi connectivity index (χ4v) is 8.88. The maximum absolute atomic E-state index is 15.4. The third kappa shape index (κ3) is 7.22. The maximum atomic E-state index is 15.4. The normalized spacial score (nSPS) is 45.3. The molecule has 4 fully saturated rings. The standard InChI is InChI=1S/C32H55F3/c1-3-5-6-27-18-13-24(21-30(27)33)8-7-23-11-16-26(17-12-23)29-20-19-28(31(34)32(29)35)25-14-9-22(4-2)10-15-25/h22-32H,3-21H2,1-2H3/t22?,23?,24?,25?,26?,27?,28?,29?,30?,31-,32?/m1/s1. The number of alkyl halides is 3. The first-order valence-electron chi connectivity index (χ1n) is 15.9. The SMILES string of the molecule is CCCCC1CCC(CCC2CCC(C3CCC(C4CCC(CC)CC4)[C@@H](F)C3F)CC2)CC1F. The largest absolute Gasteiger partial charge is 0.247 e. The van der Waals surface area contributed by atoms with Crippen LogP contribution in [0.15, 0.2) is 0 Å². The van der Waals surface area contributed by atoms with Crippen molar-refractivity contribution in [1.29, 1.82) is 0 Å². The molecule has 204 valence electrons. The molecule has 0 heterocycles. The molecule has 0 amide bonds. The Kier molecular flexibility index (Phi) is 10.8. The van der Waals surface area contributed by atoms with E-state index in [1.165, 1.54) is 64.2 Å². The second-order valence-electron chi connectivity index (χ2n) is 13.4. The second-order valence-corrected chi connectivity index (χ2v) is 13.4. The minimum absolute atomic E-state index is 0.0215. The second kappa shape index (κ2) is 13.5. The van der Waals surface area contributed by atoms with E-state index in [2.05, 4.69) is 13.8 Å². The highest BCUT2D eigenvalue weighted by Gasteiger charge is 2.46. The Morgan fingerprint density at radius 3 is 1.57 bits per heavy atom. The van der Waals surface area contributed by atoms with Crippen molar-refractivity contribution in [3.05, 3.63) is 0 Å². The lowest BCUT2D eigenvalue weighted by Crippen LogP contribution is -2.45. The van der Waals surface area contributed by atoms with E-state index in [-0.39, 0.29) is 11.8 Å². The van der Waals surface area contributed by atoms with Crippen LogP contribution in [0.5, 0.6) is 0 Å². The van der Waals surface area contributed by atoms with E-state index in [0.717, 1.165) is 69.6 Å². The van der Waals surface area contributed by atoms with Crippen LogP contribution in [0.3, 0.4) is 0 Å². The summed E-state index contributed by atoms with van der Waals surface area (Å²) >= 11 is 0. The van der Waals surface area contributed by atoms with Crippen molar-refractivity contribution in [2.45, 2.75) is 154 Å². The van der Waals surface area contributed by atoms with Gasteiger partial charge in [-0.3, -0.25) is 0 Å². The summed E-state index contributed by atoms with van der Waals surface area (Å²) in [5.74, 6) is 3.19. The summed E-state index contributed by atoms with van der Waals surface area (Å²) < 4.78 is 45.4. The molecule has 7 atom stereocenters. The summed E-state index contributed by atoms with van der Waals surface area (Å²) in [6.07, 6.45) is 18.2. The quantitative estimate of drug-likeness (QED) is 0.298. The molecule has 0 spiro atoms. The van der Waals surface area contributed by atoms with Gasteiger partial charge >= 0.3 is 0 Å². The first-order valence-corrected chi connectivity index (χ1v) is 15.9. The number of hydrogen-bond acceptors (Lipinski definition) is 0. The molecular weight excluding hydrogens is 441 g/mol. The van der Waals surface area contributed by atoms with Crippen LogP contribution in [0, 0.1) is 47.3 Å². The average Bonchev–Trinajstić information content (AvgIpc) is 2.89. The molecule has 0 aromatic carbocycles. The zero-order chi connectivity index (χ0) is 24.8. The lowest BCUT2D eigenvalue weighted by atomic mass is 9.63. The Morgan fingerprint density at radius 2 is 1.06 bits per heavy atom. The Morgan fingerprint density at radius 1 is 0.543 bits per heavy atom. The third-order valence-corrected chi connectivity index (χ3v) is 11.5. The van der Waals surface area contributed by atoms with Crippen molar-refractivity contribution in [3.8, 4) is 0 Å². The molecule has 0 aromatic rings. The molecule has 0 bridgehead atoms. The number of hydrogen-bond donors (Lipinski definition) is 0. The van der Waals surface area contributed by atoms with E-state index in [9.17, 15) is 4.39 Å². The summed E-state index contributed by atoms with van der Waals surface area (Å²) in [6.45, 7) is 4.46. The highest BCUT2D eigenvalue weighted by molar-refractivity contribution is 4.95. The maximum Gasteiger partial charge on any atom is 0.134 e. The van der Waals surface area contributed by atoms with E-state index >= 15 is 8.78 Å². The Hall–Kier alpha value is -0.210. The van der Waals surface area contributed by atoms with Crippen LogP contribution in [-0.4, -0.2) is 18.5 Å². The molecule has 0 radical (unpaired) electrons. The molecule has 4 saturated carbocycles. The topological polar surface area (TPSA) is 0 Å².